The molecule has 0 aliphatic carbocycles. The third-order valence-corrected chi connectivity index (χ3v) is 4.12. The lowest BCUT2D eigenvalue weighted by Crippen LogP contribution is -2.46. The van der Waals surface area contributed by atoms with E-state index in [1.54, 1.807) is 0 Å². The largest absolute Gasteiger partial charge is 0.317 e. The van der Waals surface area contributed by atoms with E-state index in [4.69, 9.17) is 11.6 Å². The van der Waals surface area contributed by atoms with Crippen molar-refractivity contribution >= 4 is 11.6 Å². The fourth-order valence-electron chi connectivity index (χ4n) is 2.56. The molecule has 1 heterocycles. The summed E-state index contributed by atoms with van der Waals surface area (Å²) in [5.41, 5.74) is 1.24. The summed E-state index contributed by atoms with van der Waals surface area (Å²) in [5, 5.41) is 4.26. The highest BCUT2D eigenvalue weighted by Crippen LogP contribution is 2.23. The first-order valence-corrected chi connectivity index (χ1v) is 6.73. The Morgan fingerprint density at radius 2 is 2.18 bits per heavy atom. The lowest BCUT2D eigenvalue weighted by molar-refractivity contribution is 0.131. The van der Waals surface area contributed by atoms with Gasteiger partial charge < -0.3 is 5.32 Å². The summed E-state index contributed by atoms with van der Waals surface area (Å²) in [6, 6.07) is 9.44. The number of rotatable bonds is 3. The Kier molecular flexibility index (Phi) is 4.43. The van der Waals surface area contributed by atoms with Gasteiger partial charge in [-0.05, 0) is 38.4 Å². The number of nitrogens with one attached hydrogen (secondary N) is 1. The summed E-state index contributed by atoms with van der Waals surface area (Å²) in [4.78, 5) is 2.52. The second-order valence-corrected chi connectivity index (χ2v) is 5.33. The third kappa shape index (κ3) is 3.21. The zero-order valence-electron chi connectivity index (χ0n) is 10.6. The van der Waals surface area contributed by atoms with Gasteiger partial charge in [0.05, 0.1) is 0 Å². The van der Waals surface area contributed by atoms with Crippen molar-refractivity contribution in [1.82, 2.24) is 10.2 Å². The second kappa shape index (κ2) is 5.85. The smallest absolute Gasteiger partial charge is 0.0451 e. The Morgan fingerprint density at radius 1 is 1.41 bits per heavy atom. The number of hydrogen-bond donors (Lipinski definition) is 1. The number of piperidine rings is 1. The monoisotopic (exact) mass is 252 g/mol. The maximum Gasteiger partial charge on any atom is 0.0451 e. The quantitative estimate of drug-likeness (QED) is 0.890. The Labute approximate surface area is 109 Å². The van der Waals surface area contributed by atoms with Gasteiger partial charge in [0.2, 0.25) is 0 Å². The van der Waals surface area contributed by atoms with Crippen molar-refractivity contribution in [2.24, 2.45) is 0 Å². The molecule has 2 unspecified atom stereocenters. The van der Waals surface area contributed by atoms with Gasteiger partial charge in [-0.2, -0.15) is 0 Å². The molecule has 1 aliphatic rings. The summed E-state index contributed by atoms with van der Waals surface area (Å²) in [6.07, 6.45) is 2.45. The standard InChI is InChI=1S/C14H21ClN2/c1-11-9-13(16-2)7-8-17(11)10-12-5-3-4-6-14(12)15/h3-6,11,13,16H,7-10H2,1-2H3. The summed E-state index contributed by atoms with van der Waals surface area (Å²) in [6.45, 7) is 4.43. The third-order valence-electron chi connectivity index (χ3n) is 3.75. The Bertz CT molecular complexity index is 367. The summed E-state index contributed by atoms with van der Waals surface area (Å²) in [5.74, 6) is 0. The number of hydrogen-bond acceptors (Lipinski definition) is 2. The molecular weight excluding hydrogens is 232 g/mol. The highest BCUT2D eigenvalue weighted by atomic mass is 35.5. The van der Waals surface area contributed by atoms with Crippen LogP contribution in [0, 0.1) is 0 Å². The van der Waals surface area contributed by atoms with Gasteiger partial charge in [-0.3, -0.25) is 4.90 Å². The van der Waals surface area contributed by atoms with Gasteiger partial charge in [0.1, 0.15) is 0 Å². The van der Waals surface area contributed by atoms with Gasteiger partial charge in [-0.25, -0.2) is 0 Å². The van der Waals surface area contributed by atoms with Gasteiger partial charge in [0, 0.05) is 30.2 Å². The van der Waals surface area contributed by atoms with E-state index in [0.717, 1.165) is 18.1 Å². The fourth-order valence-corrected chi connectivity index (χ4v) is 2.76. The van der Waals surface area contributed by atoms with Gasteiger partial charge in [0.25, 0.3) is 0 Å². The van der Waals surface area contributed by atoms with Crippen LogP contribution in [-0.4, -0.2) is 30.6 Å². The van der Waals surface area contributed by atoms with Crippen molar-refractivity contribution in [1.29, 1.82) is 0 Å². The summed E-state index contributed by atoms with van der Waals surface area (Å²) < 4.78 is 0. The highest BCUT2D eigenvalue weighted by molar-refractivity contribution is 6.31. The van der Waals surface area contributed by atoms with E-state index < -0.39 is 0 Å². The average molecular weight is 253 g/mol. The molecular formula is C14H21ClN2. The van der Waals surface area contributed by atoms with Crippen LogP contribution in [0.2, 0.25) is 5.02 Å². The zero-order valence-corrected chi connectivity index (χ0v) is 11.4. The van der Waals surface area contributed by atoms with Crippen LogP contribution in [0.15, 0.2) is 24.3 Å². The van der Waals surface area contributed by atoms with E-state index in [1.165, 1.54) is 18.4 Å². The normalized spacial score (nSPS) is 26.1. The van der Waals surface area contributed by atoms with Crippen LogP contribution in [0.3, 0.4) is 0 Å². The average Bonchev–Trinajstić information content (AvgIpc) is 2.34. The van der Waals surface area contributed by atoms with E-state index in [2.05, 4.69) is 36.3 Å². The topological polar surface area (TPSA) is 15.3 Å². The van der Waals surface area contributed by atoms with Gasteiger partial charge in [-0.15, -0.1) is 0 Å². The van der Waals surface area contributed by atoms with Crippen molar-refractivity contribution in [3.8, 4) is 0 Å². The van der Waals surface area contributed by atoms with Crippen LogP contribution < -0.4 is 5.32 Å². The predicted molar refractivity (Wildman–Crippen MR) is 73.4 cm³/mol. The van der Waals surface area contributed by atoms with E-state index in [9.17, 15) is 0 Å². The van der Waals surface area contributed by atoms with E-state index in [1.807, 2.05) is 12.1 Å². The fraction of sp³-hybridized carbons (Fsp3) is 0.571. The van der Waals surface area contributed by atoms with E-state index in [0.29, 0.717) is 12.1 Å². The lowest BCUT2D eigenvalue weighted by atomic mass is 9.98. The number of benzene rings is 1. The molecule has 94 valence electrons. The molecule has 1 aliphatic heterocycles. The molecule has 1 N–H and O–H groups in total. The Hall–Kier alpha value is -0.570. The first-order chi connectivity index (χ1) is 8.20. The number of halogens is 1. The van der Waals surface area contributed by atoms with Crippen LogP contribution in [0.5, 0.6) is 0 Å². The minimum Gasteiger partial charge on any atom is -0.317 e. The van der Waals surface area contributed by atoms with Gasteiger partial charge >= 0.3 is 0 Å². The first kappa shape index (κ1) is 12.9. The molecule has 1 aromatic rings. The van der Waals surface area contributed by atoms with Crippen LogP contribution >= 0.6 is 11.6 Å². The zero-order chi connectivity index (χ0) is 12.3. The van der Waals surface area contributed by atoms with E-state index in [-0.39, 0.29) is 0 Å². The van der Waals surface area contributed by atoms with Crippen LogP contribution in [0.1, 0.15) is 25.3 Å². The summed E-state index contributed by atoms with van der Waals surface area (Å²) in [7, 11) is 2.06. The number of likely N-dealkylation sites (tertiary alicyclic amines) is 1. The lowest BCUT2D eigenvalue weighted by Gasteiger charge is -2.37. The molecule has 0 spiro atoms. The van der Waals surface area contributed by atoms with Gasteiger partial charge in [-0.1, -0.05) is 29.8 Å². The number of nitrogens with zero attached hydrogens (tertiary/aromatic N) is 1. The minimum atomic E-state index is 0.623. The molecule has 0 aromatic heterocycles. The Balaban J connectivity index is 1.98. The van der Waals surface area contributed by atoms with Crippen molar-refractivity contribution in [2.45, 2.75) is 38.4 Å². The highest BCUT2D eigenvalue weighted by Gasteiger charge is 2.24. The van der Waals surface area contributed by atoms with Gasteiger partial charge in [0.15, 0.2) is 0 Å². The Morgan fingerprint density at radius 3 is 2.82 bits per heavy atom. The molecule has 2 atom stereocenters. The second-order valence-electron chi connectivity index (χ2n) is 4.92. The van der Waals surface area contributed by atoms with Crippen molar-refractivity contribution in [2.75, 3.05) is 13.6 Å². The maximum absolute atomic E-state index is 6.21. The SMILES string of the molecule is CNC1CCN(Cc2ccccc2Cl)C(C)C1. The summed E-state index contributed by atoms with van der Waals surface area (Å²) >= 11 is 6.21. The minimum absolute atomic E-state index is 0.623. The van der Waals surface area contributed by atoms with Crippen LogP contribution in [0.4, 0.5) is 0 Å². The predicted octanol–water partition coefficient (Wildman–Crippen LogP) is 2.91. The molecule has 17 heavy (non-hydrogen) atoms. The molecule has 2 rings (SSSR count). The molecule has 0 radical (unpaired) electrons. The van der Waals surface area contributed by atoms with Crippen LogP contribution in [0.25, 0.3) is 0 Å². The molecule has 3 heteroatoms. The molecule has 0 bridgehead atoms. The molecule has 2 nitrogen and oxygen atoms in total. The molecule has 1 saturated heterocycles. The molecule has 0 amide bonds. The molecule has 1 aromatic carbocycles. The molecule has 0 saturated carbocycles. The molecule has 1 fully saturated rings. The van der Waals surface area contributed by atoms with Crippen LogP contribution in [-0.2, 0) is 6.54 Å². The maximum atomic E-state index is 6.21. The van der Waals surface area contributed by atoms with Crippen molar-refractivity contribution in [3.63, 3.8) is 0 Å². The van der Waals surface area contributed by atoms with Crippen molar-refractivity contribution in [3.05, 3.63) is 34.9 Å². The first-order valence-electron chi connectivity index (χ1n) is 6.35. The van der Waals surface area contributed by atoms with Crippen molar-refractivity contribution < 1.29 is 0 Å². The van der Waals surface area contributed by atoms with E-state index >= 15 is 0 Å².